The number of nitrogens with one attached hydrogen (secondary N) is 1. The van der Waals surface area contributed by atoms with Gasteiger partial charge in [-0.3, -0.25) is 9.48 Å². The summed E-state index contributed by atoms with van der Waals surface area (Å²) < 4.78 is 6.96. The van der Waals surface area contributed by atoms with Crippen molar-refractivity contribution in [2.24, 2.45) is 7.05 Å². The number of rotatable bonds is 6. The number of benzene rings is 1. The molecule has 0 spiro atoms. The van der Waals surface area contributed by atoms with E-state index in [9.17, 15) is 4.79 Å². The Hall–Kier alpha value is -2.89. The molecule has 0 aliphatic rings. The second kappa shape index (κ2) is 6.91. The van der Waals surface area contributed by atoms with E-state index in [0.29, 0.717) is 12.2 Å². The summed E-state index contributed by atoms with van der Waals surface area (Å²) >= 11 is 0. The first-order valence-corrected chi connectivity index (χ1v) is 7.51. The van der Waals surface area contributed by atoms with Crippen molar-refractivity contribution in [1.29, 1.82) is 0 Å². The fourth-order valence-electron chi connectivity index (χ4n) is 2.33. The van der Waals surface area contributed by atoms with Crippen molar-refractivity contribution in [2.75, 3.05) is 6.54 Å². The topological polar surface area (TPSA) is 73.0 Å². The second-order valence-corrected chi connectivity index (χ2v) is 5.25. The smallest absolute Gasteiger partial charge is 0.289 e. The van der Waals surface area contributed by atoms with Crippen LogP contribution >= 0.6 is 0 Å². The standard InChI is InChI=1S/C17H18N4O2/c1-21-14(9-11-19-21)8-5-10-18-17(22)16-12-15(20-23-16)13-6-3-2-4-7-13/h2-4,6-7,9,11-12H,5,8,10H2,1H3,(H,18,22). The third-order valence-electron chi connectivity index (χ3n) is 3.62. The van der Waals surface area contributed by atoms with Crippen LogP contribution in [-0.4, -0.2) is 27.4 Å². The molecule has 0 aliphatic carbocycles. The van der Waals surface area contributed by atoms with Gasteiger partial charge in [0.25, 0.3) is 5.91 Å². The Morgan fingerprint density at radius 3 is 2.83 bits per heavy atom. The van der Waals surface area contributed by atoms with E-state index >= 15 is 0 Å². The van der Waals surface area contributed by atoms with E-state index in [0.717, 1.165) is 24.1 Å². The summed E-state index contributed by atoms with van der Waals surface area (Å²) in [5.74, 6) is -0.0194. The molecule has 1 aromatic carbocycles. The number of hydrogen-bond acceptors (Lipinski definition) is 4. The van der Waals surface area contributed by atoms with Gasteiger partial charge in [-0.25, -0.2) is 0 Å². The quantitative estimate of drug-likeness (QED) is 0.710. The highest BCUT2D eigenvalue weighted by Gasteiger charge is 2.13. The highest BCUT2D eigenvalue weighted by molar-refractivity contribution is 5.92. The first kappa shape index (κ1) is 15.0. The number of aromatic nitrogens is 3. The van der Waals surface area contributed by atoms with Crippen molar-refractivity contribution in [3.63, 3.8) is 0 Å². The van der Waals surface area contributed by atoms with E-state index < -0.39 is 0 Å². The van der Waals surface area contributed by atoms with Crippen LogP contribution in [0.3, 0.4) is 0 Å². The Morgan fingerprint density at radius 2 is 2.09 bits per heavy atom. The molecule has 0 unspecified atom stereocenters. The van der Waals surface area contributed by atoms with Crippen LogP contribution in [0.2, 0.25) is 0 Å². The van der Waals surface area contributed by atoms with Gasteiger partial charge >= 0.3 is 0 Å². The minimum absolute atomic E-state index is 0.226. The molecule has 1 N–H and O–H groups in total. The molecule has 6 nitrogen and oxygen atoms in total. The Kier molecular flexibility index (Phi) is 4.52. The van der Waals surface area contributed by atoms with Crippen molar-refractivity contribution in [1.82, 2.24) is 20.3 Å². The van der Waals surface area contributed by atoms with Gasteiger partial charge in [0.1, 0.15) is 5.69 Å². The van der Waals surface area contributed by atoms with Gasteiger partial charge in [-0.1, -0.05) is 35.5 Å². The molecule has 23 heavy (non-hydrogen) atoms. The zero-order valence-corrected chi connectivity index (χ0v) is 12.9. The Morgan fingerprint density at radius 1 is 1.26 bits per heavy atom. The number of aryl methyl sites for hydroxylation is 2. The Bertz CT molecular complexity index is 777. The van der Waals surface area contributed by atoms with Gasteiger partial charge in [-0.15, -0.1) is 0 Å². The average molecular weight is 310 g/mol. The van der Waals surface area contributed by atoms with Crippen LogP contribution in [0.25, 0.3) is 11.3 Å². The maximum atomic E-state index is 12.1. The highest BCUT2D eigenvalue weighted by Crippen LogP contribution is 2.18. The highest BCUT2D eigenvalue weighted by atomic mass is 16.5. The lowest BCUT2D eigenvalue weighted by Gasteiger charge is -2.03. The molecule has 118 valence electrons. The lowest BCUT2D eigenvalue weighted by molar-refractivity contribution is 0.0916. The fraction of sp³-hybridized carbons (Fsp3) is 0.235. The molecule has 3 rings (SSSR count). The third kappa shape index (κ3) is 3.66. The molecule has 6 heteroatoms. The molecule has 1 amide bonds. The molecular formula is C17H18N4O2. The van der Waals surface area contributed by atoms with Gasteiger partial charge in [-0.2, -0.15) is 5.10 Å². The van der Waals surface area contributed by atoms with Gasteiger partial charge in [0.05, 0.1) is 0 Å². The van der Waals surface area contributed by atoms with Crippen molar-refractivity contribution in [2.45, 2.75) is 12.8 Å². The van der Waals surface area contributed by atoms with Gasteiger partial charge in [0, 0.05) is 37.1 Å². The van der Waals surface area contributed by atoms with Crippen LogP contribution in [0, 0.1) is 0 Å². The van der Waals surface area contributed by atoms with Crippen LogP contribution in [0.1, 0.15) is 22.7 Å². The molecule has 0 saturated heterocycles. The zero-order chi connectivity index (χ0) is 16.1. The number of carbonyl (C=O) groups is 1. The lowest BCUT2D eigenvalue weighted by atomic mass is 10.1. The van der Waals surface area contributed by atoms with E-state index in [2.05, 4.69) is 15.6 Å². The first-order chi connectivity index (χ1) is 11.2. The van der Waals surface area contributed by atoms with Crippen LogP contribution < -0.4 is 5.32 Å². The predicted octanol–water partition coefficient (Wildman–Crippen LogP) is 2.44. The summed E-state index contributed by atoms with van der Waals surface area (Å²) in [6, 6.07) is 13.3. The maximum Gasteiger partial charge on any atom is 0.289 e. The SMILES string of the molecule is Cn1nccc1CCCNC(=O)c1cc(-c2ccccc2)no1. The lowest BCUT2D eigenvalue weighted by Crippen LogP contribution is -2.24. The minimum Gasteiger partial charge on any atom is -0.350 e. The van der Waals surface area contributed by atoms with E-state index in [1.807, 2.05) is 48.1 Å². The monoisotopic (exact) mass is 310 g/mol. The molecule has 0 aliphatic heterocycles. The van der Waals surface area contributed by atoms with E-state index in [1.165, 1.54) is 0 Å². The van der Waals surface area contributed by atoms with Crippen molar-refractivity contribution < 1.29 is 9.32 Å². The third-order valence-corrected chi connectivity index (χ3v) is 3.62. The molecule has 2 heterocycles. The van der Waals surface area contributed by atoms with Gasteiger partial charge < -0.3 is 9.84 Å². The Balaban J connectivity index is 1.51. The van der Waals surface area contributed by atoms with E-state index in [-0.39, 0.29) is 11.7 Å². The second-order valence-electron chi connectivity index (χ2n) is 5.25. The normalized spacial score (nSPS) is 10.7. The summed E-state index contributed by atoms with van der Waals surface area (Å²) in [7, 11) is 1.91. The summed E-state index contributed by atoms with van der Waals surface area (Å²) in [6.45, 7) is 0.575. The van der Waals surface area contributed by atoms with Crippen LogP contribution in [-0.2, 0) is 13.5 Å². The van der Waals surface area contributed by atoms with Gasteiger partial charge in [-0.05, 0) is 18.9 Å². The van der Waals surface area contributed by atoms with Crippen LogP contribution in [0.4, 0.5) is 0 Å². The summed E-state index contributed by atoms with van der Waals surface area (Å²) in [5, 5.41) is 10.9. The fourth-order valence-corrected chi connectivity index (χ4v) is 2.33. The van der Waals surface area contributed by atoms with Crippen molar-refractivity contribution >= 4 is 5.91 Å². The van der Waals surface area contributed by atoms with Gasteiger partial charge in [0.15, 0.2) is 0 Å². The van der Waals surface area contributed by atoms with E-state index in [4.69, 9.17) is 4.52 Å². The molecule has 0 saturated carbocycles. The molecular weight excluding hydrogens is 292 g/mol. The zero-order valence-electron chi connectivity index (χ0n) is 12.9. The molecule has 0 fully saturated rings. The summed E-state index contributed by atoms with van der Waals surface area (Å²) in [5.41, 5.74) is 2.72. The average Bonchev–Trinajstić information content (AvgIpc) is 3.22. The number of carbonyl (C=O) groups excluding carboxylic acids is 1. The maximum absolute atomic E-state index is 12.1. The minimum atomic E-state index is -0.246. The largest absolute Gasteiger partial charge is 0.350 e. The number of hydrogen-bond donors (Lipinski definition) is 1. The summed E-state index contributed by atoms with van der Waals surface area (Å²) in [6.07, 6.45) is 3.47. The number of nitrogens with zero attached hydrogens (tertiary/aromatic N) is 3. The Labute approximate surface area is 134 Å². The first-order valence-electron chi connectivity index (χ1n) is 7.51. The molecule has 0 bridgehead atoms. The van der Waals surface area contributed by atoms with Crippen LogP contribution in [0.5, 0.6) is 0 Å². The van der Waals surface area contributed by atoms with E-state index in [1.54, 1.807) is 12.3 Å². The molecule has 3 aromatic rings. The molecule has 0 radical (unpaired) electrons. The molecule has 2 aromatic heterocycles. The predicted molar refractivity (Wildman–Crippen MR) is 85.8 cm³/mol. The molecule has 0 atom stereocenters. The van der Waals surface area contributed by atoms with Gasteiger partial charge in [0.2, 0.25) is 5.76 Å². The number of amides is 1. The summed E-state index contributed by atoms with van der Waals surface area (Å²) in [4.78, 5) is 12.1. The van der Waals surface area contributed by atoms with Crippen molar-refractivity contribution in [3.05, 3.63) is 60.1 Å². The van der Waals surface area contributed by atoms with Crippen molar-refractivity contribution in [3.8, 4) is 11.3 Å². The van der Waals surface area contributed by atoms with Crippen LogP contribution in [0.15, 0.2) is 53.2 Å².